The van der Waals surface area contributed by atoms with E-state index >= 15 is 0 Å². The van der Waals surface area contributed by atoms with Crippen molar-refractivity contribution in [2.45, 2.75) is 83.2 Å². The molecule has 2 aliphatic carbocycles. The Kier molecular flexibility index (Phi) is 5.68. The fraction of sp³-hybridized carbons (Fsp3) is 0.938. The largest absolute Gasteiger partial charge is 0.353 e. The van der Waals surface area contributed by atoms with Crippen molar-refractivity contribution in [3.8, 4) is 0 Å². The molecule has 0 aromatic heterocycles. The van der Waals surface area contributed by atoms with Crippen molar-refractivity contribution in [2.75, 3.05) is 0 Å². The Morgan fingerprint density at radius 1 is 1.11 bits per heavy atom. The van der Waals surface area contributed by atoms with Gasteiger partial charge in [0.1, 0.15) is 0 Å². The molecular formula is C16H30N2O. The lowest BCUT2D eigenvalue weighted by Crippen LogP contribution is -2.39. The molecule has 0 saturated heterocycles. The number of nitrogens with one attached hydrogen (secondary N) is 1. The predicted molar refractivity (Wildman–Crippen MR) is 78.7 cm³/mol. The third-order valence-corrected chi connectivity index (χ3v) is 5.09. The Bertz CT molecular complexity index is 284. The van der Waals surface area contributed by atoms with Crippen LogP contribution in [0.4, 0.5) is 0 Å². The van der Waals surface area contributed by atoms with Crippen LogP contribution >= 0.6 is 0 Å². The van der Waals surface area contributed by atoms with Gasteiger partial charge in [-0.1, -0.05) is 26.2 Å². The second kappa shape index (κ2) is 7.28. The van der Waals surface area contributed by atoms with Gasteiger partial charge in [-0.05, 0) is 50.4 Å². The number of carbonyl (C=O) groups excluding carboxylic acids is 1. The van der Waals surface area contributed by atoms with E-state index in [1.165, 1.54) is 32.1 Å². The van der Waals surface area contributed by atoms with Crippen molar-refractivity contribution < 1.29 is 4.79 Å². The zero-order chi connectivity index (χ0) is 13.7. The van der Waals surface area contributed by atoms with Crippen LogP contribution in [0.3, 0.4) is 0 Å². The number of hydrogen-bond acceptors (Lipinski definition) is 2. The fourth-order valence-electron chi connectivity index (χ4n) is 3.73. The molecule has 3 N–H and O–H groups in total. The molecule has 0 aromatic rings. The number of hydrogen-bond donors (Lipinski definition) is 2. The normalized spacial score (nSPS) is 35.9. The second-order valence-electron chi connectivity index (χ2n) is 6.69. The van der Waals surface area contributed by atoms with Gasteiger partial charge in [0, 0.05) is 18.5 Å². The molecule has 2 unspecified atom stereocenters. The summed E-state index contributed by atoms with van der Waals surface area (Å²) in [7, 11) is 0. The zero-order valence-corrected chi connectivity index (χ0v) is 12.4. The van der Waals surface area contributed by atoms with Crippen LogP contribution in [-0.2, 0) is 4.79 Å². The minimum Gasteiger partial charge on any atom is -0.353 e. The Morgan fingerprint density at radius 2 is 1.84 bits per heavy atom. The highest BCUT2D eigenvalue weighted by molar-refractivity contribution is 5.76. The highest BCUT2D eigenvalue weighted by Crippen LogP contribution is 2.28. The molecule has 0 aromatic carbocycles. The maximum absolute atomic E-state index is 12.1. The van der Waals surface area contributed by atoms with Crippen LogP contribution in [0.1, 0.15) is 71.1 Å². The van der Waals surface area contributed by atoms with Gasteiger partial charge < -0.3 is 11.1 Å². The maximum Gasteiger partial charge on any atom is 0.220 e. The van der Waals surface area contributed by atoms with Gasteiger partial charge in [0.15, 0.2) is 0 Å². The van der Waals surface area contributed by atoms with Crippen LogP contribution in [0.5, 0.6) is 0 Å². The van der Waals surface area contributed by atoms with E-state index in [9.17, 15) is 4.79 Å². The van der Waals surface area contributed by atoms with Crippen LogP contribution in [0.15, 0.2) is 0 Å². The summed E-state index contributed by atoms with van der Waals surface area (Å²) < 4.78 is 0. The number of rotatable bonds is 4. The maximum atomic E-state index is 12.1. The monoisotopic (exact) mass is 266 g/mol. The summed E-state index contributed by atoms with van der Waals surface area (Å²) in [5, 5.41) is 3.27. The van der Waals surface area contributed by atoms with Crippen molar-refractivity contribution in [2.24, 2.45) is 17.6 Å². The molecule has 3 heteroatoms. The van der Waals surface area contributed by atoms with E-state index in [1.54, 1.807) is 0 Å². The number of amides is 1. The molecule has 0 heterocycles. The fourth-order valence-corrected chi connectivity index (χ4v) is 3.73. The van der Waals surface area contributed by atoms with Crippen molar-refractivity contribution in [1.29, 1.82) is 0 Å². The van der Waals surface area contributed by atoms with Crippen LogP contribution < -0.4 is 11.1 Å². The molecular weight excluding hydrogens is 236 g/mol. The standard InChI is InChI=1S/C16H30N2O/c1-2-12-4-3-5-15(10-12)18-16(19)11-13-6-8-14(17)9-7-13/h12-15H,2-11,17H2,1H3,(H,18,19). The average molecular weight is 266 g/mol. The van der Waals surface area contributed by atoms with Crippen LogP contribution in [-0.4, -0.2) is 18.0 Å². The summed E-state index contributed by atoms with van der Waals surface area (Å²) in [6.07, 6.45) is 11.4. The molecule has 2 fully saturated rings. The quantitative estimate of drug-likeness (QED) is 0.822. The number of carbonyl (C=O) groups is 1. The molecule has 2 saturated carbocycles. The lowest BCUT2D eigenvalue weighted by molar-refractivity contribution is -0.123. The minimum atomic E-state index is 0.280. The van der Waals surface area contributed by atoms with Gasteiger partial charge in [-0.2, -0.15) is 0 Å². The first-order valence-corrected chi connectivity index (χ1v) is 8.22. The summed E-state index contributed by atoms with van der Waals surface area (Å²) in [6, 6.07) is 0.819. The Balaban J connectivity index is 1.69. The van der Waals surface area contributed by atoms with E-state index in [2.05, 4.69) is 12.2 Å². The Labute approximate surface area is 117 Å². The highest BCUT2D eigenvalue weighted by atomic mass is 16.1. The second-order valence-corrected chi connectivity index (χ2v) is 6.69. The van der Waals surface area contributed by atoms with Gasteiger partial charge in [-0.25, -0.2) is 0 Å². The first-order chi connectivity index (χ1) is 9.17. The molecule has 2 atom stereocenters. The molecule has 0 spiro atoms. The summed E-state index contributed by atoms with van der Waals surface area (Å²) >= 11 is 0. The van der Waals surface area contributed by atoms with Gasteiger partial charge >= 0.3 is 0 Å². The first kappa shape index (κ1) is 14.8. The summed E-state index contributed by atoms with van der Waals surface area (Å²) in [4.78, 5) is 12.1. The molecule has 3 nitrogen and oxygen atoms in total. The van der Waals surface area contributed by atoms with Crippen molar-refractivity contribution in [3.63, 3.8) is 0 Å². The topological polar surface area (TPSA) is 55.1 Å². The Hall–Kier alpha value is -0.570. The van der Waals surface area contributed by atoms with Gasteiger partial charge in [-0.15, -0.1) is 0 Å². The van der Waals surface area contributed by atoms with Gasteiger partial charge in [0.2, 0.25) is 5.91 Å². The van der Waals surface area contributed by atoms with Crippen molar-refractivity contribution in [1.82, 2.24) is 5.32 Å². The SMILES string of the molecule is CCC1CCCC(NC(=O)CC2CCC(N)CC2)C1. The zero-order valence-electron chi connectivity index (χ0n) is 12.4. The van der Waals surface area contributed by atoms with E-state index in [-0.39, 0.29) is 5.91 Å². The molecule has 110 valence electrons. The minimum absolute atomic E-state index is 0.280. The molecule has 0 bridgehead atoms. The van der Waals surface area contributed by atoms with E-state index in [1.807, 2.05) is 0 Å². The van der Waals surface area contributed by atoms with Gasteiger partial charge in [0.05, 0.1) is 0 Å². The smallest absolute Gasteiger partial charge is 0.220 e. The third kappa shape index (κ3) is 4.79. The molecule has 1 amide bonds. The lowest BCUT2D eigenvalue weighted by Gasteiger charge is -2.30. The Morgan fingerprint density at radius 3 is 2.53 bits per heavy atom. The first-order valence-electron chi connectivity index (χ1n) is 8.22. The van der Waals surface area contributed by atoms with E-state index in [0.717, 1.165) is 38.0 Å². The molecule has 0 aliphatic heterocycles. The van der Waals surface area contributed by atoms with E-state index < -0.39 is 0 Å². The molecule has 2 rings (SSSR count). The number of nitrogens with two attached hydrogens (primary N) is 1. The third-order valence-electron chi connectivity index (χ3n) is 5.09. The van der Waals surface area contributed by atoms with Crippen molar-refractivity contribution in [3.05, 3.63) is 0 Å². The van der Waals surface area contributed by atoms with Crippen LogP contribution in [0.25, 0.3) is 0 Å². The average Bonchev–Trinajstić information content (AvgIpc) is 2.41. The van der Waals surface area contributed by atoms with Crippen LogP contribution in [0, 0.1) is 11.8 Å². The molecule has 19 heavy (non-hydrogen) atoms. The van der Waals surface area contributed by atoms with Crippen molar-refractivity contribution >= 4 is 5.91 Å². The highest BCUT2D eigenvalue weighted by Gasteiger charge is 2.24. The van der Waals surface area contributed by atoms with E-state index in [0.29, 0.717) is 18.0 Å². The predicted octanol–water partition coefficient (Wildman–Crippen LogP) is 2.98. The van der Waals surface area contributed by atoms with Gasteiger partial charge in [-0.3, -0.25) is 4.79 Å². The molecule has 0 radical (unpaired) electrons. The van der Waals surface area contributed by atoms with Crippen LogP contribution in [0.2, 0.25) is 0 Å². The summed E-state index contributed by atoms with van der Waals surface area (Å²) in [5.41, 5.74) is 5.91. The summed E-state index contributed by atoms with van der Waals surface area (Å²) in [6.45, 7) is 2.26. The molecule has 2 aliphatic rings. The lowest BCUT2D eigenvalue weighted by atomic mass is 9.83. The summed E-state index contributed by atoms with van der Waals surface area (Å²) in [5.74, 6) is 1.68. The van der Waals surface area contributed by atoms with Gasteiger partial charge in [0.25, 0.3) is 0 Å². The van der Waals surface area contributed by atoms with E-state index in [4.69, 9.17) is 5.73 Å².